The van der Waals surface area contributed by atoms with Crippen LogP contribution in [0.5, 0.6) is 5.75 Å². The van der Waals surface area contributed by atoms with Crippen LogP contribution in [0.2, 0.25) is 0 Å². The van der Waals surface area contributed by atoms with E-state index >= 15 is 0 Å². The minimum absolute atomic E-state index is 0.404. The van der Waals surface area contributed by atoms with E-state index in [0.717, 1.165) is 19.5 Å². The van der Waals surface area contributed by atoms with E-state index in [2.05, 4.69) is 18.9 Å². The van der Waals surface area contributed by atoms with Crippen molar-refractivity contribution in [3.8, 4) is 5.75 Å². The molecule has 0 unspecified atom stereocenters. The number of phenols is 1. The largest absolute Gasteiger partial charge is 0.508 e. The maximum Gasteiger partial charge on any atom is 0.116 e. The maximum absolute atomic E-state index is 9.42. The molecule has 0 amide bonds. The molecule has 0 aliphatic carbocycles. The van der Waals surface area contributed by atoms with Crippen molar-refractivity contribution < 1.29 is 5.11 Å². The normalized spacial score (nSPS) is 17.1. The Hall–Kier alpha value is -1.02. The second kappa shape index (κ2) is 3.04. The zero-order valence-electron chi connectivity index (χ0n) is 8.17. The zero-order valence-corrected chi connectivity index (χ0v) is 8.17. The van der Waals surface area contributed by atoms with Crippen molar-refractivity contribution >= 4 is 0 Å². The molecule has 2 rings (SSSR count). The van der Waals surface area contributed by atoms with Gasteiger partial charge in [-0.2, -0.15) is 0 Å². The number of benzene rings is 1. The van der Waals surface area contributed by atoms with Gasteiger partial charge in [-0.1, -0.05) is 0 Å². The van der Waals surface area contributed by atoms with Gasteiger partial charge in [-0.15, -0.1) is 0 Å². The Morgan fingerprint density at radius 3 is 2.92 bits per heavy atom. The van der Waals surface area contributed by atoms with Crippen molar-refractivity contribution in [3.05, 3.63) is 28.8 Å². The predicted molar refractivity (Wildman–Crippen MR) is 52.9 cm³/mol. The van der Waals surface area contributed by atoms with Crippen LogP contribution >= 0.6 is 0 Å². The minimum Gasteiger partial charge on any atom is -0.508 e. The van der Waals surface area contributed by atoms with Crippen molar-refractivity contribution in [3.63, 3.8) is 0 Å². The van der Waals surface area contributed by atoms with Gasteiger partial charge in [-0.3, -0.25) is 0 Å². The quantitative estimate of drug-likeness (QED) is 0.652. The van der Waals surface area contributed by atoms with Crippen molar-refractivity contribution in [2.24, 2.45) is 0 Å². The van der Waals surface area contributed by atoms with E-state index in [-0.39, 0.29) is 0 Å². The first-order valence-electron chi connectivity index (χ1n) is 4.67. The summed E-state index contributed by atoms with van der Waals surface area (Å²) in [5.41, 5.74) is 3.92. The number of aromatic hydroxyl groups is 1. The lowest BCUT2D eigenvalue weighted by Crippen LogP contribution is -2.27. The first-order chi connectivity index (χ1) is 6.16. The fraction of sp³-hybridized carbons (Fsp3) is 0.455. The van der Waals surface area contributed by atoms with Crippen LogP contribution in [-0.2, 0) is 13.0 Å². The molecule has 2 heteroatoms. The number of likely N-dealkylation sites (N-methyl/N-ethyl adjacent to an activating group) is 1. The zero-order chi connectivity index (χ0) is 9.42. The van der Waals surface area contributed by atoms with Gasteiger partial charge in [0.2, 0.25) is 0 Å². The number of hydrogen-bond acceptors (Lipinski definition) is 2. The molecule has 0 bridgehead atoms. The second-order valence-electron chi connectivity index (χ2n) is 3.89. The highest BCUT2D eigenvalue weighted by molar-refractivity contribution is 5.42. The topological polar surface area (TPSA) is 23.5 Å². The lowest BCUT2D eigenvalue weighted by molar-refractivity contribution is 0.311. The smallest absolute Gasteiger partial charge is 0.116 e. The van der Waals surface area contributed by atoms with E-state index < -0.39 is 0 Å². The number of fused-ring (bicyclic) bond motifs is 1. The molecule has 0 aromatic heterocycles. The third-order valence-electron chi connectivity index (χ3n) is 2.74. The van der Waals surface area contributed by atoms with Crippen LogP contribution < -0.4 is 0 Å². The van der Waals surface area contributed by atoms with E-state index in [1.807, 2.05) is 12.1 Å². The Labute approximate surface area is 78.8 Å². The summed E-state index contributed by atoms with van der Waals surface area (Å²) in [4.78, 5) is 2.31. The van der Waals surface area contributed by atoms with Gasteiger partial charge in [0.25, 0.3) is 0 Å². The summed E-state index contributed by atoms with van der Waals surface area (Å²) in [5, 5.41) is 9.42. The molecule has 1 N–H and O–H groups in total. The molecule has 0 saturated heterocycles. The van der Waals surface area contributed by atoms with E-state index in [1.54, 1.807) is 0 Å². The van der Waals surface area contributed by atoms with Crippen LogP contribution in [0, 0.1) is 6.92 Å². The lowest BCUT2D eigenvalue weighted by Gasteiger charge is -2.26. The summed E-state index contributed by atoms with van der Waals surface area (Å²) in [7, 11) is 2.13. The average molecular weight is 177 g/mol. The monoisotopic (exact) mass is 177 g/mol. The van der Waals surface area contributed by atoms with Gasteiger partial charge in [-0.25, -0.2) is 0 Å². The Balaban J connectivity index is 2.47. The van der Waals surface area contributed by atoms with Crippen LogP contribution in [0.1, 0.15) is 16.7 Å². The molecule has 0 atom stereocenters. The molecular weight excluding hydrogens is 162 g/mol. The van der Waals surface area contributed by atoms with Gasteiger partial charge < -0.3 is 10.0 Å². The van der Waals surface area contributed by atoms with E-state index in [4.69, 9.17) is 0 Å². The standard InChI is InChI=1S/C11H15NO/c1-8-5-10(13)6-9-3-4-12(2)7-11(8)9/h5-6,13H,3-4,7H2,1-2H3. The number of phenolic OH excluding ortho intramolecular Hbond substituents is 1. The number of hydrogen-bond donors (Lipinski definition) is 1. The summed E-state index contributed by atoms with van der Waals surface area (Å²) in [6.07, 6.45) is 1.06. The number of nitrogens with zero attached hydrogens (tertiary/aromatic N) is 1. The first-order valence-corrected chi connectivity index (χ1v) is 4.67. The van der Waals surface area contributed by atoms with E-state index in [0.29, 0.717) is 5.75 Å². The summed E-state index contributed by atoms with van der Waals surface area (Å²) < 4.78 is 0. The molecule has 1 heterocycles. The fourth-order valence-electron chi connectivity index (χ4n) is 1.98. The highest BCUT2D eigenvalue weighted by Crippen LogP contribution is 2.25. The molecule has 2 nitrogen and oxygen atoms in total. The molecule has 1 aliphatic heterocycles. The molecule has 0 saturated carbocycles. The van der Waals surface area contributed by atoms with Crippen molar-refractivity contribution in [1.29, 1.82) is 0 Å². The van der Waals surface area contributed by atoms with Gasteiger partial charge in [-0.05, 0) is 49.2 Å². The molecule has 0 spiro atoms. The SMILES string of the molecule is Cc1cc(O)cc2c1CN(C)CC2. The Morgan fingerprint density at radius 2 is 2.15 bits per heavy atom. The molecule has 0 radical (unpaired) electrons. The fourth-order valence-corrected chi connectivity index (χ4v) is 1.98. The third-order valence-corrected chi connectivity index (χ3v) is 2.74. The van der Waals surface area contributed by atoms with Crippen molar-refractivity contribution in [2.75, 3.05) is 13.6 Å². The highest BCUT2D eigenvalue weighted by atomic mass is 16.3. The Kier molecular flexibility index (Phi) is 2.00. The Bertz CT molecular complexity index is 333. The highest BCUT2D eigenvalue weighted by Gasteiger charge is 2.15. The summed E-state index contributed by atoms with van der Waals surface area (Å²) in [6.45, 7) is 4.18. The van der Waals surface area contributed by atoms with Gasteiger partial charge in [0, 0.05) is 13.1 Å². The number of aryl methyl sites for hydroxylation is 1. The second-order valence-corrected chi connectivity index (χ2v) is 3.89. The third kappa shape index (κ3) is 1.54. The Morgan fingerprint density at radius 1 is 1.38 bits per heavy atom. The first kappa shape index (κ1) is 8.57. The van der Waals surface area contributed by atoms with Crippen LogP contribution in [0.15, 0.2) is 12.1 Å². The van der Waals surface area contributed by atoms with Crippen molar-refractivity contribution in [2.45, 2.75) is 19.9 Å². The average Bonchev–Trinajstić information content (AvgIpc) is 2.06. The van der Waals surface area contributed by atoms with Crippen LogP contribution in [0.25, 0.3) is 0 Å². The van der Waals surface area contributed by atoms with Crippen LogP contribution in [-0.4, -0.2) is 23.6 Å². The molecular formula is C11H15NO. The molecule has 1 aliphatic rings. The molecule has 13 heavy (non-hydrogen) atoms. The maximum atomic E-state index is 9.42. The summed E-state index contributed by atoms with van der Waals surface area (Å²) in [5.74, 6) is 0.404. The lowest BCUT2D eigenvalue weighted by atomic mass is 9.95. The van der Waals surface area contributed by atoms with Gasteiger partial charge >= 0.3 is 0 Å². The molecule has 1 aromatic carbocycles. The number of rotatable bonds is 0. The van der Waals surface area contributed by atoms with E-state index in [1.165, 1.54) is 16.7 Å². The van der Waals surface area contributed by atoms with Crippen molar-refractivity contribution in [1.82, 2.24) is 4.90 Å². The molecule has 1 aromatic rings. The summed E-state index contributed by atoms with van der Waals surface area (Å²) >= 11 is 0. The minimum atomic E-state index is 0.404. The predicted octanol–water partition coefficient (Wildman–Crippen LogP) is 1.69. The van der Waals surface area contributed by atoms with Gasteiger partial charge in [0.15, 0.2) is 0 Å². The van der Waals surface area contributed by atoms with Gasteiger partial charge in [0.05, 0.1) is 0 Å². The molecule has 70 valence electrons. The van der Waals surface area contributed by atoms with Crippen LogP contribution in [0.4, 0.5) is 0 Å². The van der Waals surface area contributed by atoms with Crippen LogP contribution in [0.3, 0.4) is 0 Å². The molecule has 0 fully saturated rings. The summed E-state index contributed by atoms with van der Waals surface area (Å²) in [6, 6.07) is 3.74. The van der Waals surface area contributed by atoms with Gasteiger partial charge in [0.1, 0.15) is 5.75 Å². The van der Waals surface area contributed by atoms with E-state index in [9.17, 15) is 5.11 Å².